The molecule has 0 heterocycles. The monoisotopic (exact) mass is 251 g/mol. The van der Waals surface area contributed by atoms with E-state index in [4.69, 9.17) is 10.2 Å². The number of aliphatic hydroxyl groups is 4. The molecule has 4 unspecified atom stereocenters. The summed E-state index contributed by atoms with van der Waals surface area (Å²) >= 11 is 0. The second-order valence-electron chi connectivity index (χ2n) is 3.26. The average Bonchev–Trinajstić information content (AvgIpc) is 2.33. The molecule has 100 valence electrons. The Morgan fingerprint density at radius 1 is 1.35 bits per heavy atom. The number of hydrogen-bond acceptors (Lipinski definition) is 7. The molecule has 0 fully saturated rings. The summed E-state index contributed by atoms with van der Waals surface area (Å²) in [5, 5.41) is 38.4. The Bertz CT molecular complexity index is 247. The summed E-state index contributed by atoms with van der Waals surface area (Å²) < 4.78 is 4.48. The van der Waals surface area contributed by atoms with Gasteiger partial charge in [0.1, 0.15) is 30.6 Å². The lowest BCUT2D eigenvalue weighted by atomic mass is 10.0. The Morgan fingerprint density at radius 3 is 2.35 bits per heavy atom. The number of carbonyl (C=O) groups excluding carboxylic acids is 2. The van der Waals surface area contributed by atoms with E-state index in [-0.39, 0.29) is 12.9 Å². The minimum atomic E-state index is -1.77. The Morgan fingerprint density at radius 2 is 1.94 bits per heavy atom. The second kappa shape index (κ2) is 7.96. The van der Waals surface area contributed by atoms with Crippen molar-refractivity contribution >= 4 is 12.4 Å². The molecule has 0 saturated carbocycles. The molecule has 0 spiro atoms. The van der Waals surface area contributed by atoms with Gasteiger partial charge in [0, 0.05) is 0 Å². The van der Waals surface area contributed by atoms with Gasteiger partial charge in [-0.3, -0.25) is 0 Å². The van der Waals surface area contributed by atoms with Crippen LogP contribution in [0.4, 0.5) is 4.79 Å². The van der Waals surface area contributed by atoms with E-state index in [0.29, 0.717) is 0 Å². The second-order valence-corrected chi connectivity index (χ2v) is 3.26. The van der Waals surface area contributed by atoms with E-state index in [1.54, 1.807) is 6.92 Å². The first-order valence-electron chi connectivity index (χ1n) is 5.01. The van der Waals surface area contributed by atoms with Crippen molar-refractivity contribution in [2.75, 3.05) is 13.2 Å². The van der Waals surface area contributed by atoms with Crippen LogP contribution < -0.4 is 5.32 Å². The molecule has 4 atom stereocenters. The number of alkyl carbamates (subject to hydrolysis) is 1. The summed E-state index contributed by atoms with van der Waals surface area (Å²) in [5.41, 5.74) is 0. The third-order valence-corrected chi connectivity index (χ3v) is 2.01. The summed E-state index contributed by atoms with van der Waals surface area (Å²) in [4.78, 5) is 21.6. The molecule has 0 aliphatic carbocycles. The molecule has 8 heteroatoms. The van der Waals surface area contributed by atoms with Gasteiger partial charge in [0.15, 0.2) is 0 Å². The standard InChI is InChI=1S/C9H17NO7/c1-2-17-9(16)10-5(3-11)7(14)8(15)6(13)4-12/h3,5-8,12-15H,2,4H2,1H3,(H,10,16). The molecule has 0 aromatic heterocycles. The van der Waals surface area contributed by atoms with Crippen LogP contribution >= 0.6 is 0 Å². The lowest BCUT2D eigenvalue weighted by molar-refractivity contribution is -0.120. The smallest absolute Gasteiger partial charge is 0.407 e. The SMILES string of the molecule is CCOC(=O)NC(C=O)C(O)C(O)C(O)CO. The van der Waals surface area contributed by atoms with Crippen molar-refractivity contribution in [3.8, 4) is 0 Å². The normalized spacial score (nSPS) is 17.7. The number of hydrogen-bond donors (Lipinski definition) is 5. The van der Waals surface area contributed by atoms with Crippen molar-refractivity contribution in [2.24, 2.45) is 0 Å². The first-order chi connectivity index (χ1) is 7.97. The number of carbonyl (C=O) groups is 2. The van der Waals surface area contributed by atoms with Gasteiger partial charge in [-0.25, -0.2) is 4.79 Å². The van der Waals surface area contributed by atoms with E-state index < -0.39 is 37.1 Å². The van der Waals surface area contributed by atoms with Crippen LogP contribution in [0.5, 0.6) is 0 Å². The molecule has 5 N–H and O–H groups in total. The number of aldehydes is 1. The molecule has 17 heavy (non-hydrogen) atoms. The largest absolute Gasteiger partial charge is 0.450 e. The Kier molecular flexibility index (Phi) is 7.39. The first-order valence-corrected chi connectivity index (χ1v) is 5.01. The number of amides is 1. The zero-order valence-corrected chi connectivity index (χ0v) is 9.31. The van der Waals surface area contributed by atoms with Crippen molar-refractivity contribution in [2.45, 2.75) is 31.3 Å². The van der Waals surface area contributed by atoms with Crippen molar-refractivity contribution in [1.29, 1.82) is 0 Å². The van der Waals surface area contributed by atoms with Crippen LogP contribution in [0.3, 0.4) is 0 Å². The van der Waals surface area contributed by atoms with Gasteiger partial charge >= 0.3 is 6.09 Å². The van der Waals surface area contributed by atoms with E-state index in [9.17, 15) is 19.8 Å². The fraction of sp³-hybridized carbons (Fsp3) is 0.778. The molecule has 0 radical (unpaired) electrons. The van der Waals surface area contributed by atoms with Crippen molar-refractivity contribution in [3.63, 3.8) is 0 Å². The van der Waals surface area contributed by atoms with Crippen molar-refractivity contribution in [1.82, 2.24) is 5.32 Å². The number of ether oxygens (including phenoxy) is 1. The van der Waals surface area contributed by atoms with Gasteiger partial charge < -0.3 is 35.3 Å². The van der Waals surface area contributed by atoms with Crippen LogP contribution in [0, 0.1) is 0 Å². The predicted octanol–water partition coefficient (Wildman–Crippen LogP) is -2.62. The van der Waals surface area contributed by atoms with Crippen LogP contribution in [0.25, 0.3) is 0 Å². The van der Waals surface area contributed by atoms with E-state index >= 15 is 0 Å². The number of nitrogens with one attached hydrogen (secondary N) is 1. The highest BCUT2D eigenvalue weighted by Crippen LogP contribution is 2.04. The molecule has 0 saturated heterocycles. The summed E-state index contributed by atoms with van der Waals surface area (Å²) in [5.74, 6) is 0. The average molecular weight is 251 g/mol. The maximum atomic E-state index is 11.0. The van der Waals surface area contributed by atoms with Gasteiger partial charge in [0.2, 0.25) is 0 Å². The summed E-state index contributed by atoms with van der Waals surface area (Å²) in [7, 11) is 0. The van der Waals surface area contributed by atoms with E-state index in [1.807, 2.05) is 5.32 Å². The van der Waals surface area contributed by atoms with Crippen molar-refractivity contribution < 1.29 is 34.8 Å². The highest BCUT2D eigenvalue weighted by molar-refractivity contribution is 5.73. The molecule has 0 rings (SSSR count). The molecule has 0 bridgehead atoms. The van der Waals surface area contributed by atoms with Crippen LogP contribution in [0.2, 0.25) is 0 Å². The van der Waals surface area contributed by atoms with E-state index in [1.165, 1.54) is 0 Å². The molecule has 0 aromatic carbocycles. The van der Waals surface area contributed by atoms with Gasteiger partial charge in [0.05, 0.1) is 13.2 Å². The molecule has 0 aromatic rings. The van der Waals surface area contributed by atoms with Gasteiger partial charge in [-0.2, -0.15) is 0 Å². The van der Waals surface area contributed by atoms with Gasteiger partial charge in [-0.1, -0.05) is 0 Å². The predicted molar refractivity (Wildman–Crippen MR) is 55.1 cm³/mol. The van der Waals surface area contributed by atoms with E-state index in [2.05, 4.69) is 4.74 Å². The highest BCUT2D eigenvalue weighted by Gasteiger charge is 2.32. The molecular weight excluding hydrogens is 234 g/mol. The zero-order chi connectivity index (χ0) is 13.4. The number of aliphatic hydroxyl groups excluding tert-OH is 4. The third kappa shape index (κ3) is 5.09. The van der Waals surface area contributed by atoms with E-state index in [0.717, 1.165) is 0 Å². The lowest BCUT2D eigenvalue weighted by Crippen LogP contribution is -2.53. The fourth-order valence-electron chi connectivity index (χ4n) is 1.06. The van der Waals surface area contributed by atoms with Crippen LogP contribution in [0.1, 0.15) is 6.92 Å². The quantitative estimate of drug-likeness (QED) is 0.312. The van der Waals surface area contributed by atoms with Gasteiger partial charge in [-0.05, 0) is 6.92 Å². The Hall–Kier alpha value is -1.22. The molecule has 0 aliphatic heterocycles. The zero-order valence-electron chi connectivity index (χ0n) is 9.31. The van der Waals surface area contributed by atoms with Gasteiger partial charge in [-0.15, -0.1) is 0 Å². The highest BCUT2D eigenvalue weighted by atomic mass is 16.5. The Balaban J connectivity index is 4.43. The summed E-state index contributed by atoms with van der Waals surface area (Å²) in [6, 6.07) is -1.44. The number of rotatable bonds is 7. The maximum Gasteiger partial charge on any atom is 0.407 e. The summed E-state index contributed by atoms with van der Waals surface area (Å²) in [6.07, 6.45) is -5.88. The Labute approximate surface area is 97.8 Å². The van der Waals surface area contributed by atoms with Crippen molar-refractivity contribution in [3.05, 3.63) is 0 Å². The molecule has 0 aliphatic rings. The van der Waals surface area contributed by atoms with Crippen LogP contribution in [-0.4, -0.2) is 70.4 Å². The fourth-order valence-corrected chi connectivity index (χ4v) is 1.06. The minimum absolute atomic E-state index is 0.0787. The maximum absolute atomic E-state index is 11.0. The first kappa shape index (κ1) is 15.8. The third-order valence-electron chi connectivity index (χ3n) is 2.01. The molecular formula is C9H17NO7. The van der Waals surface area contributed by atoms with Crippen LogP contribution in [0.15, 0.2) is 0 Å². The summed E-state index contributed by atoms with van der Waals surface area (Å²) in [6.45, 7) is 0.842. The molecule has 8 nitrogen and oxygen atoms in total. The molecule has 1 amide bonds. The van der Waals surface area contributed by atoms with Gasteiger partial charge in [0.25, 0.3) is 0 Å². The minimum Gasteiger partial charge on any atom is -0.450 e. The van der Waals surface area contributed by atoms with Crippen LogP contribution in [-0.2, 0) is 9.53 Å². The lowest BCUT2D eigenvalue weighted by Gasteiger charge is -2.25. The topological polar surface area (TPSA) is 136 Å².